The number of aliphatic hydroxyl groups is 1. The van der Waals surface area contributed by atoms with Gasteiger partial charge in [-0.1, -0.05) is 12.1 Å². The lowest BCUT2D eigenvalue weighted by Crippen LogP contribution is -2.53. The number of hydrogen-bond donors (Lipinski definition) is 3. The highest BCUT2D eigenvalue weighted by Gasteiger charge is 2.48. The van der Waals surface area contributed by atoms with E-state index in [-0.39, 0.29) is 5.91 Å². The summed E-state index contributed by atoms with van der Waals surface area (Å²) in [6.45, 7) is 7.86. The summed E-state index contributed by atoms with van der Waals surface area (Å²) in [5, 5.41) is 23.6. The molecule has 0 unspecified atom stereocenters. The van der Waals surface area contributed by atoms with Crippen LogP contribution >= 0.6 is 0 Å². The molecule has 3 rings (SSSR count). The molecule has 0 saturated carbocycles. The first-order valence-electron chi connectivity index (χ1n) is 8.69. The molecule has 1 saturated heterocycles. The molecular weight excluding hydrogens is 321 g/mol. The van der Waals surface area contributed by atoms with Crippen LogP contribution in [-0.2, 0) is 19.6 Å². The summed E-state index contributed by atoms with van der Waals surface area (Å²) in [6.07, 6.45) is 1.33. The van der Waals surface area contributed by atoms with Crippen LogP contribution in [0.1, 0.15) is 46.1 Å². The molecule has 1 aromatic carbocycles. The Morgan fingerprint density at radius 3 is 2.48 bits per heavy atom. The van der Waals surface area contributed by atoms with E-state index in [4.69, 9.17) is 9.39 Å². The lowest BCUT2D eigenvalue weighted by atomic mass is 9.72. The molecule has 0 bridgehead atoms. The first-order chi connectivity index (χ1) is 11.6. The van der Waals surface area contributed by atoms with Crippen LogP contribution in [0, 0.1) is 0 Å². The van der Waals surface area contributed by atoms with Crippen molar-refractivity contribution in [3.05, 3.63) is 23.8 Å². The van der Waals surface area contributed by atoms with Crippen molar-refractivity contribution < 1.29 is 24.3 Å². The Balaban J connectivity index is 1.85. The number of amides is 1. The summed E-state index contributed by atoms with van der Waals surface area (Å²) in [7, 11) is -1.20. The van der Waals surface area contributed by atoms with Gasteiger partial charge in [-0.05, 0) is 57.6 Å². The Labute approximate surface area is 148 Å². The molecule has 1 spiro atoms. The minimum absolute atomic E-state index is 0.00446. The van der Waals surface area contributed by atoms with Gasteiger partial charge in [-0.2, -0.15) is 0 Å². The standard InChI is InChI=1S/C18H26BNO5/c1-16(2,22)17(3,4)25-19(23)12-5-6-13-14(11-12)20-15(21)18(13)7-9-24-10-8-18/h5-6,11,22-23H,7-10H2,1-4H3,(H,20,21). The Hall–Kier alpha value is -1.41. The molecule has 25 heavy (non-hydrogen) atoms. The smallest absolute Gasteiger partial charge is 0.423 e. The summed E-state index contributed by atoms with van der Waals surface area (Å²) >= 11 is 0. The predicted octanol–water partition coefficient (Wildman–Crippen LogP) is 0.940. The number of anilines is 1. The second kappa shape index (κ2) is 6.09. The van der Waals surface area contributed by atoms with Gasteiger partial charge in [0, 0.05) is 18.9 Å². The first-order valence-corrected chi connectivity index (χ1v) is 8.69. The van der Waals surface area contributed by atoms with E-state index in [1.54, 1.807) is 39.8 Å². The van der Waals surface area contributed by atoms with Crippen molar-refractivity contribution in [2.24, 2.45) is 0 Å². The fourth-order valence-electron chi connectivity index (χ4n) is 3.31. The van der Waals surface area contributed by atoms with Crippen molar-refractivity contribution in [2.45, 2.75) is 57.2 Å². The second-order valence-corrected chi connectivity index (χ2v) is 7.99. The van der Waals surface area contributed by atoms with Gasteiger partial charge >= 0.3 is 7.12 Å². The molecular formula is C18H26BNO5. The van der Waals surface area contributed by atoms with Gasteiger partial charge in [0.2, 0.25) is 5.91 Å². The third-order valence-corrected chi connectivity index (χ3v) is 5.75. The molecule has 0 radical (unpaired) electrons. The van der Waals surface area contributed by atoms with Crippen LogP contribution in [0.3, 0.4) is 0 Å². The molecule has 0 aliphatic carbocycles. The van der Waals surface area contributed by atoms with Crippen molar-refractivity contribution in [1.29, 1.82) is 0 Å². The SMILES string of the molecule is CC(C)(O)C(C)(C)OB(O)c1ccc2c(c1)NC(=O)C21CCOCC1. The molecule has 1 amide bonds. The van der Waals surface area contributed by atoms with Gasteiger partial charge in [0.25, 0.3) is 0 Å². The third-order valence-electron chi connectivity index (χ3n) is 5.75. The Morgan fingerprint density at radius 2 is 1.88 bits per heavy atom. The molecule has 2 aliphatic rings. The quantitative estimate of drug-likeness (QED) is 0.706. The number of ether oxygens (including phenoxy) is 1. The highest BCUT2D eigenvalue weighted by atomic mass is 16.5. The van der Waals surface area contributed by atoms with E-state index in [1.807, 2.05) is 6.07 Å². The summed E-state index contributed by atoms with van der Waals surface area (Å²) < 4.78 is 11.1. The highest BCUT2D eigenvalue weighted by molar-refractivity contribution is 6.60. The van der Waals surface area contributed by atoms with E-state index in [0.29, 0.717) is 37.2 Å². The number of nitrogens with one attached hydrogen (secondary N) is 1. The molecule has 2 aliphatic heterocycles. The Morgan fingerprint density at radius 1 is 1.24 bits per heavy atom. The zero-order valence-corrected chi connectivity index (χ0v) is 15.3. The van der Waals surface area contributed by atoms with Gasteiger partial charge in [-0.15, -0.1) is 0 Å². The molecule has 6 nitrogen and oxygen atoms in total. The molecule has 0 aromatic heterocycles. The number of benzene rings is 1. The maximum atomic E-state index is 12.6. The van der Waals surface area contributed by atoms with Crippen LogP contribution in [-0.4, -0.2) is 47.6 Å². The second-order valence-electron chi connectivity index (χ2n) is 7.99. The molecule has 2 heterocycles. The van der Waals surface area contributed by atoms with Crippen molar-refractivity contribution in [3.8, 4) is 0 Å². The Kier molecular flexibility index (Phi) is 4.48. The monoisotopic (exact) mass is 347 g/mol. The number of rotatable bonds is 4. The van der Waals surface area contributed by atoms with Gasteiger partial charge < -0.3 is 24.8 Å². The first kappa shape index (κ1) is 18.4. The average molecular weight is 347 g/mol. The van der Waals surface area contributed by atoms with Gasteiger partial charge in [-0.25, -0.2) is 0 Å². The zero-order chi connectivity index (χ0) is 18.5. The average Bonchev–Trinajstić information content (AvgIpc) is 2.78. The zero-order valence-electron chi connectivity index (χ0n) is 15.3. The van der Waals surface area contributed by atoms with Gasteiger partial charge in [0.1, 0.15) is 0 Å². The van der Waals surface area contributed by atoms with E-state index < -0.39 is 23.7 Å². The Bertz CT molecular complexity index is 677. The van der Waals surface area contributed by atoms with Crippen molar-refractivity contribution in [1.82, 2.24) is 0 Å². The lowest BCUT2D eigenvalue weighted by Gasteiger charge is -2.38. The molecule has 7 heteroatoms. The minimum atomic E-state index is -1.20. The number of hydrogen-bond acceptors (Lipinski definition) is 5. The molecule has 1 fully saturated rings. The van der Waals surface area contributed by atoms with Gasteiger partial charge in [0.05, 0.1) is 16.6 Å². The van der Waals surface area contributed by atoms with E-state index >= 15 is 0 Å². The summed E-state index contributed by atoms with van der Waals surface area (Å²) in [5.74, 6) is -0.00446. The largest absolute Gasteiger partial charge is 0.491 e. The number of carbonyl (C=O) groups is 1. The molecule has 3 N–H and O–H groups in total. The molecule has 0 atom stereocenters. The topological polar surface area (TPSA) is 88.0 Å². The maximum absolute atomic E-state index is 12.6. The van der Waals surface area contributed by atoms with E-state index in [9.17, 15) is 14.9 Å². The van der Waals surface area contributed by atoms with Gasteiger partial charge in [-0.3, -0.25) is 4.79 Å². The summed E-state index contributed by atoms with van der Waals surface area (Å²) in [6, 6.07) is 5.42. The number of fused-ring (bicyclic) bond motifs is 2. The van der Waals surface area contributed by atoms with Crippen LogP contribution in [0.5, 0.6) is 0 Å². The normalized spacial score (nSPS) is 19.7. The van der Waals surface area contributed by atoms with Crippen molar-refractivity contribution in [2.75, 3.05) is 18.5 Å². The predicted molar refractivity (Wildman–Crippen MR) is 95.9 cm³/mol. The molecule has 1 aromatic rings. The van der Waals surface area contributed by atoms with E-state index in [0.717, 1.165) is 5.56 Å². The van der Waals surface area contributed by atoms with Crippen LogP contribution in [0.15, 0.2) is 18.2 Å². The van der Waals surface area contributed by atoms with E-state index in [2.05, 4.69) is 5.32 Å². The minimum Gasteiger partial charge on any atom is -0.423 e. The number of carbonyl (C=O) groups excluding carboxylic acids is 1. The third kappa shape index (κ3) is 3.10. The lowest BCUT2D eigenvalue weighted by molar-refractivity contribution is -0.124. The van der Waals surface area contributed by atoms with E-state index in [1.165, 1.54) is 0 Å². The van der Waals surface area contributed by atoms with Crippen LogP contribution in [0.2, 0.25) is 0 Å². The van der Waals surface area contributed by atoms with Crippen LogP contribution in [0.4, 0.5) is 5.69 Å². The summed E-state index contributed by atoms with van der Waals surface area (Å²) in [4.78, 5) is 12.6. The fraction of sp³-hybridized carbons (Fsp3) is 0.611. The summed E-state index contributed by atoms with van der Waals surface area (Å²) in [5.41, 5.74) is -0.376. The van der Waals surface area contributed by atoms with Crippen molar-refractivity contribution >= 4 is 24.2 Å². The molecule has 136 valence electrons. The van der Waals surface area contributed by atoms with Gasteiger partial charge in [0.15, 0.2) is 0 Å². The van der Waals surface area contributed by atoms with Crippen molar-refractivity contribution in [3.63, 3.8) is 0 Å². The highest BCUT2D eigenvalue weighted by Crippen LogP contribution is 2.44. The fourth-order valence-corrected chi connectivity index (χ4v) is 3.31. The van der Waals surface area contributed by atoms with Crippen LogP contribution in [0.25, 0.3) is 0 Å². The van der Waals surface area contributed by atoms with Crippen LogP contribution < -0.4 is 10.8 Å². The maximum Gasteiger partial charge on any atom is 0.491 e.